The van der Waals surface area contributed by atoms with E-state index in [9.17, 15) is 18.0 Å². The molecule has 1 unspecified atom stereocenters. The van der Waals surface area contributed by atoms with Crippen LogP contribution in [0.25, 0.3) is 0 Å². The van der Waals surface area contributed by atoms with Crippen LogP contribution in [0.5, 0.6) is 0 Å². The Morgan fingerprint density at radius 3 is 2.07 bits per heavy atom. The highest BCUT2D eigenvalue weighted by Crippen LogP contribution is 2.36. The van der Waals surface area contributed by atoms with Gasteiger partial charge in [0, 0.05) is 30.0 Å². The van der Waals surface area contributed by atoms with Crippen LogP contribution >= 0.6 is 0 Å². The number of halogens is 3. The SMILES string of the molecule is O=C1CCC1c1c(F)cc(F)cc1F. The zero-order valence-electron chi connectivity index (χ0n) is 7.19. The second-order valence-corrected chi connectivity index (χ2v) is 3.34. The molecule has 0 saturated heterocycles. The van der Waals surface area contributed by atoms with Gasteiger partial charge in [-0.05, 0) is 6.42 Å². The van der Waals surface area contributed by atoms with Crippen LogP contribution in [0.15, 0.2) is 12.1 Å². The van der Waals surface area contributed by atoms with Gasteiger partial charge in [-0.15, -0.1) is 0 Å². The minimum atomic E-state index is -0.972. The number of benzene rings is 1. The Bertz CT molecular complexity index is 377. The van der Waals surface area contributed by atoms with E-state index in [4.69, 9.17) is 0 Å². The lowest BCUT2D eigenvalue weighted by Crippen LogP contribution is -2.25. The maximum Gasteiger partial charge on any atom is 0.140 e. The average molecular weight is 200 g/mol. The molecule has 1 aromatic rings. The number of ketones is 1. The van der Waals surface area contributed by atoms with Gasteiger partial charge in [0.25, 0.3) is 0 Å². The summed E-state index contributed by atoms with van der Waals surface area (Å²) < 4.78 is 38.8. The van der Waals surface area contributed by atoms with E-state index in [1.54, 1.807) is 0 Å². The summed E-state index contributed by atoms with van der Waals surface area (Å²) in [5.74, 6) is -3.80. The molecule has 1 saturated carbocycles. The zero-order chi connectivity index (χ0) is 10.3. The lowest BCUT2D eigenvalue weighted by atomic mass is 9.78. The molecule has 1 aliphatic rings. The maximum absolute atomic E-state index is 13.1. The number of carbonyl (C=O) groups is 1. The molecule has 0 aromatic heterocycles. The molecule has 1 fully saturated rings. The number of Topliss-reactive ketones (excluding diaryl/α,β-unsaturated/α-hetero) is 1. The fraction of sp³-hybridized carbons (Fsp3) is 0.300. The summed E-state index contributed by atoms with van der Waals surface area (Å²) in [6.45, 7) is 0. The molecule has 1 nitrogen and oxygen atoms in total. The lowest BCUT2D eigenvalue weighted by molar-refractivity contribution is -0.125. The van der Waals surface area contributed by atoms with Gasteiger partial charge in [-0.2, -0.15) is 0 Å². The molecule has 0 heterocycles. The van der Waals surface area contributed by atoms with E-state index in [-0.39, 0.29) is 11.3 Å². The third-order valence-corrected chi connectivity index (χ3v) is 2.46. The predicted molar refractivity (Wildman–Crippen MR) is 43.3 cm³/mol. The molecule has 4 heteroatoms. The minimum absolute atomic E-state index is 0.186. The van der Waals surface area contributed by atoms with Gasteiger partial charge < -0.3 is 0 Å². The summed E-state index contributed by atoms with van der Waals surface area (Å²) in [6, 6.07) is 1.20. The number of rotatable bonds is 1. The van der Waals surface area contributed by atoms with Crippen LogP contribution in [0.4, 0.5) is 13.2 Å². The summed E-state index contributed by atoms with van der Waals surface area (Å²) in [7, 11) is 0. The first-order valence-electron chi connectivity index (χ1n) is 4.26. The van der Waals surface area contributed by atoms with Crippen LogP contribution in [-0.2, 0) is 4.79 Å². The van der Waals surface area contributed by atoms with Gasteiger partial charge in [0.1, 0.15) is 23.2 Å². The fourth-order valence-corrected chi connectivity index (χ4v) is 1.60. The third-order valence-electron chi connectivity index (χ3n) is 2.46. The van der Waals surface area contributed by atoms with E-state index >= 15 is 0 Å². The summed E-state index contributed by atoms with van der Waals surface area (Å²) in [6.07, 6.45) is 0.791. The molecule has 1 atom stereocenters. The Labute approximate surface area is 78.5 Å². The van der Waals surface area contributed by atoms with Gasteiger partial charge >= 0.3 is 0 Å². The van der Waals surface area contributed by atoms with Crippen LogP contribution in [0.1, 0.15) is 24.3 Å². The van der Waals surface area contributed by atoms with E-state index in [0.717, 1.165) is 0 Å². The van der Waals surface area contributed by atoms with Crippen molar-refractivity contribution in [1.82, 2.24) is 0 Å². The van der Waals surface area contributed by atoms with Crippen molar-refractivity contribution >= 4 is 5.78 Å². The van der Waals surface area contributed by atoms with Crippen molar-refractivity contribution in [3.8, 4) is 0 Å². The van der Waals surface area contributed by atoms with Crippen LogP contribution < -0.4 is 0 Å². The van der Waals surface area contributed by atoms with Crippen molar-refractivity contribution in [3.05, 3.63) is 35.1 Å². The van der Waals surface area contributed by atoms with Crippen LogP contribution in [0, 0.1) is 17.5 Å². The molecular weight excluding hydrogens is 193 g/mol. The first kappa shape index (κ1) is 9.24. The molecule has 2 rings (SSSR count). The van der Waals surface area contributed by atoms with Crippen molar-refractivity contribution < 1.29 is 18.0 Å². The molecule has 0 aliphatic heterocycles. The second kappa shape index (κ2) is 3.12. The molecule has 0 spiro atoms. The Balaban J connectivity index is 2.47. The van der Waals surface area contributed by atoms with Gasteiger partial charge in [-0.1, -0.05) is 0 Å². The van der Waals surface area contributed by atoms with Crippen molar-refractivity contribution in [1.29, 1.82) is 0 Å². The maximum atomic E-state index is 13.1. The Kier molecular flexibility index (Phi) is 2.06. The van der Waals surface area contributed by atoms with Gasteiger partial charge in [-0.3, -0.25) is 4.79 Å². The van der Waals surface area contributed by atoms with Gasteiger partial charge in [0.05, 0.1) is 0 Å². The van der Waals surface area contributed by atoms with Crippen molar-refractivity contribution in [2.75, 3.05) is 0 Å². The molecule has 14 heavy (non-hydrogen) atoms. The van der Waals surface area contributed by atoms with E-state index in [1.165, 1.54) is 0 Å². The molecule has 1 aromatic carbocycles. The second-order valence-electron chi connectivity index (χ2n) is 3.34. The summed E-state index contributed by atoms with van der Waals surface area (Å²) in [5.41, 5.74) is -0.289. The van der Waals surface area contributed by atoms with E-state index in [1.807, 2.05) is 0 Å². The lowest BCUT2D eigenvalue weighted by Gasteiger charge is -2.24. The molecule has 74 valence electrons. The van der Waals surface area contributed by atoms with Crippen molar-refractivity contribution in [2.45, 2.75) is 18.8 Å². The monoisotopic (exact) mass is 200 g/mol. The molecule has 1 aliphatic carbocycles. The Hall–Kier alpha value is -1.32. The molecule has 0 amide bonds. The highest BCUT2D eigenvalue weighted by molar-refractivity contribution is 5.91. The van der Waals surface area contributed by atoms with E-state index in [0.29, 0.717) is 25.0 Å². The largest absolute Gasteiger partial charge is 0.299 e. The van der Waals surface area contributed by atoms with Gasteiger partial charge in [-0.25, -0.2) is 13.2 Å². The zero-order valence-corrected chi connectivity index (χ0v) is 7.19. The summed E-state index contributed by atoms with van der Waals surface area (Å²) in [5, 5.41) is 0. The first-order chi connectivity index (χ1) is 6.59. The van der Waals surface area contributed by atoms with E-state index in [2.05, 4.69) is 0 Å². The molecule has 0 bridgehead atoms. The molecular formula is C10H7F3O. The van der Waals surface area contributed by atoms with Gasteiger partial charge in [0.2, 0.25) is 0 Å². The van der Waals surface area contributed by atoms with Gasteiger partial charge in [0.15, 0.2) is 0 Å². The topological polar surface area (TPSA) is 17.1 Å². The smallest absolute Gasteiger partial charge is 0.140 e. The Morgan fingerprint density at radius 2 is 1.71 bits per heavy atom. The van der Waals surface area contributed by atoms with Crippen molar-refractivity contribution in [2.24, 2.45) is 0 Å². The normalized spacial score (nSPS) is 20.8. The van der Waals surface area contributed by atoms with Crippen LogP contribution in [-0.4, -0.2) is 5.78 Å². The highest BCUT2D eigenvalue weighted by Gasteiger charge is 2.34. The fourth-order valence-electron chi connectivity index (χ4n) is 1.60. The summed E-state index contributed by atoms with van der Waals surface area (Å²) >= 11 is 0. The van der Waals surface area contributed by atoms with Crippen molar-refractivity contribution in [3.63, 3.8) is 0 Å². The minimum Gasteiger partial charge on any atom is -0.299 e. The van der Waals surface area contributed by atoms with E-state index < -0.39 is 23.4 Å². The number of carbonyl (C=O) groups excluding carboxylic acids is 1. The standard InChI is InChI=1S/C10H7F3O/c11-5-3-7(12)10(8(13)4-5)6-1-2-9(6)14/h3-4,6H,1-2H2. The first-order valence-corrected chi connectivity index (χ1v) is 4.26. The number of hydrogen-bond donors (Lipinski definition) is 0. The number of hydrogen-bond acceptors (Lipinski definition) is 1. The van der Waals surface area contributed by atoms with Crippen LogP contribution in [0.3, 0.4) is 0 Å². The molecule has 0 N–H and O–H groups in total. The average Bonchev–Trinajstić information content (AvgIpc) is 2.08. The molecule has 0 radical (unpaired) electrons. The predicted octanol–water partition coefficient (Wildman–Crippen LogP) is 2.55. The Morgan fingerprint density at radius 1 is 1.14 bits per heavy atom. The summed E-state index contributed by atoms with van der Waals surface area (Å²) in [4.78, 5) is 11.0. The highest BCUT2D eigenvalue weighted by atomic mass is 19.1. The quantitative estimate of drug-likeness (QED) is 0.680. The third kappa shape index (κ3) is 1.31. The van der Waals surface area contributed by atoms with Crippen LogP contribution in [0.2, 0.25) is 0 Å².